The van der Waals surface area contributed by atoms with Gasteiger partial charge in [-0.3, -0.25) is 9.59 Å². The summed E-state index contributed by atoms with van der Waals surface area (Å²) in [5.41, 5.74) is 0.916. The van der Waals surface area contributed by atoms with Gasteiger partial charge >= 0.3 is 17.8 Å². The second-order valence-electron chi connectivity index (χ2n) is 5.45. The molecule has 2 N–H and O–H groups in total. The van der Waals surface area contributed by atoms with Gasteiger partial charge in [0.2, 0.25) is 0 Å². The fourth-order valence-electron chi connectivity index (χ4n) is 2.06. The van der Waals surface area contributed by atoms with Crippen LogP contribution in [0.5, 0.6) is 0 Å². The molecule has 2 amide bonds. The summed E-state index contributed by atoms with van der Waals surface area (Å²) in [6.45, 7) is 2.30. The first-order valence-electron chi connectivity index (χ1n) is 8.15. The molecule has 0 spiro atoms. The van der Waals surface area contributed by atoms with Crippen molar-refractivity contribution in [3.05, 3.63) is 58.6 Å². The minimum atomic E-state index is -0.873. The van der Waals surface area contributed by atoms with E-state index in [2.05, 4.69) is 26.6 Å². The van der Waals surface area contributed by atoms with E-state index in [1.807, 2.05) is 6.92 Å². The van der Waals surface area contributed by atoms with Gasteiger partial charge in [-0.25, -0.2) is 4.79 Å². The van der Waals surface area contributed by atoms with Crippen molar-refractivity contribution in [2.45, 2.75) is 19.8 Å². The molecule has 2 rings (SSSR count). The predicted octanol–water partition coefficient (Wildman–Crippen LogP) is 3.98. The van der Waals surface area contributed by atoms with E-state index in [1.165, 1.54) is 6.07 Å². The molecule has 0 saturated carbocycles. The molecule has 0 heterocycles. The van der Waals surface area contributed by atoms with Gasteiger partial charge < -0.3 is 15.4 Å². The molecule has 136 valence electrons. The summed E-state index contributed by atoms with van der Waals surface area (Å²) in [6.07, 6.45) is 1.66. The van der Waals surface area contributed by atoms with E-state index < -0.39 is 17.8 Å². The average molecular weight is 419 g/mol. The maximum absolute atomic E-state index is 12.1. The number of ether oxygens (including phenoxy) is 1. The van der Waals surface area contributed by atoms with Gasteiger partial charge in [-0.1, -0.05) is 41.4 Å². The molecular weight excluding hydrogens is 400 g/mol. The molecule has 0 aromatic heterocycles. The van der Waals surface area contributed by atoms with E-state index >= 15 is 0 Å². The number of unbranched alkanes of at least 4 members (excludes halogenated alkanes) is 1. The highest BCUT2D eigenvalue weighted by molar-refractivity contribution is 9.10. The molecule has 0 unspecified atom stereocenters. The van der Waals surface area contributed by atoms with E-state index in [4.69, 9.17) is 4.74 Å². The minimum Gasteiger partial charge on any atom is -0.462 e. The number of benzene rings is 2. The highest BCUT2D eigenvalue weighted by atomic mass is 79.9. The molecule has 6 nitrogen and oxygen atoms in total. The van der Waals surface area contributed by atoms with Crippen molar-refractivity contribution in [1.29, 1.82) is 0 Å². The summed E-state index contributed by atoms with van der Waals surface area (Å²) in [5, 5.41) is 4.94. The van der Waals surface area contributed by atoms with Crippen LogP contribution in [0.1, 0.15) is 30.1 Å². The van der Waals surface area contributed by atoms with Gasteiger partial charge in [0, 0.05) is 10.2 Å². The van der Waals surface area contributed by atoms with Gasteiger partial charge in [-0.15, -0.1) is 0 Å². The number of para-hydroxylation sites is 1. The van der Waals surface area contributed by atoms with Crippen LogP contribution in [0.2, 0.25) is 0 Å². The minimum absolute atomic E-state index is 0.202. The van der Waals surface area contributed by atoms with Crippen LogP contribution in [-0.4, -0.2) is 24.4 Å². The molecule has 0 bridgehead atoms. The van der Waals surface area contributed by atoms with Crippen molar-refractivity contribution in [2.75, 3.05) is 17.2 Å². The molecule has 0 atom stereocenters. The van der Waals surface area contributed by atoms with Crippen LogP contribution < -0.4 is 10.6 Å². The molecule has 2 aromatic rings. The fraction of sp³-hybridized carbons (Fsp3) is 0.211. The van der Waals surface area contributed by atoms with Crippen molar-refractivity contribution in [1.82, 2.24) is 0 Å². The quantitative estimate of drug-likeness (QED) is 0.422. The number of anilines is 2. The van der Waals surface area contributed by atoms with E-state index in [-0.39, 0.29) is 11.3 Å². The third-order valence-electron chi connectivity index (χ3n) is 3.43. The van der Waals surface area contributed by atoms with Crippen molar-refractivity contribution in [2.24, 2.45) is 0 Å². The number of nitrogens with one attached hydrogen (secondary N) is 2. The van der Waals surface area contributed by atoms with Gasteiger partial charge in [-0.05, 0) is 42.8 Å². The Morgan fingerprint density at radius 1 is 0.962 bits per heavy atom. The van der Waals surface area contributed by atoms with Crippen molar-refractivity contribution < 1.29 is 19.1 Å². The molecule has 0 aliphatic carbocycles. The average Bonchev–Trinajstić information content (AvgIpc) is 2.64. The molecule has 7 heteroatoms. The second kappa shape index (κ2) is 9.72. The molecule has 2 aromatic carbocycles. The van der Waals surface area contributed by atoms with E-state index in [0.717, 1.165) is 17.3 Å². The Bertz CT molecular complexity index is 790. The number of amides is 2. The van der Waals surface area contributed by atoms with Gasteiger partial charge in [0.05, 0.1) is 17.9 Å². The highest BCUT2D eigenvalue weighted by Gasteiger charge is 2.18. The first-order chi connectivity index (χ1) is 12.5. The van der Waals surface area contributed by atoms with Gasteiger partial charge in [0.1, 0.15) is 0 Å². The summed E-state index contributed by atoms with van der Waals surface area (Å²) < 4.78 is 6.02. The zero-order chi connectivity index (χ0) is 18.9. The van der Waals surface area contributed by atoms with Crippen LogP contribution in [0.4, 0.5) is 11.4 Å². The predicted molar refractivity (Wildman–Crippen MR) is 103 cm³/mol. The van der Waals surface area contributed by atoms with Crippen molar-refractivity contribution in [3.63, 3.8) is 0 Å². The molecule has 0 aliphatic rings. The standard InChI is InChI=1S/C19H19BrN2O4/c1-2-3-12-26-19(25)15-6-4-5-7-16(15)22-18(24)17(23)21-14-10-8-13(20)9-11-14/h4-11H,2-3,12H2,1H3,(H,21,23)(H,22,24). The number of carbonyl (C=O) groups is 3. The first-order valence-corrected chi connectivity index (χ1v) is 8.94. The summed E-state index contributed by atoms with van der Waals surface area (Å²) in [6, 6.07) is 13.2. The maximum atomic E-state index is 12.1. The van der Waals surface area contributed by atoms with Gasteiger partial charge in [-0.2, -0.15) is 0 Å². The number of hydrogen-bond donors (Lipinski definition) is 2. The SMILES string of the molecule is CCCCOC(=O)c1ccccc1NC(=O)C(=O)Nc1ccc(Br)cc1. The normalized spacial score (nSPS) is 10.1. The zero-order valence-electron chi connectivity index (χ0n) is 14.3. The lowest BCUT2D eigenvalue weighted by Gasteiger charge is -2.11. The van der Waals surface area contributed by atoms with E-state index in [0.29, 0.717) is 12.3 Å². The Morgan fingerprint density at radius 3 is 2.31 bits per heavy atom. The number of rotatable bonds is 6. The molecule has 0 fully saturated rings. The Labute approximate surface area is 160 Å². The number of carbonyl (C=O) groups excluding carboxylic acids is 3. The zero-order valence-corrected chi connectivity index (χ0v) is 15.8. The van der Waals surface area contributed by atoms with Gasteiger partial charge in [0.25, 0.3) is 0 Å². The topological polar surface area (TPSA) is 84.5 Å². The lowest BCUT2D eigenvalue weighted by molar-refractivity contribution is -0.133. The van der Waals surface area contributed by atoms with Crippen LogP contribution in [-0.2, 0) is 14.3 Å². The monoisotopic (exact) mass is 418 g/mol. The van der Waals surface area contributed by atoms with E-state index in [9.17, 15) is 14.4 Å². The Kier molecular flexibility index (Phi) is 7.35. The van der Waals surface area contributed by atoms with E-state index in [1.54, 1.807) is 42.5 Å². The van der Waals surface area contributed by atoms with Crippen LogP contribution in [0, 0.1) is 0 Å². The number of halogens is 1. The molecule has 0 saturated heterocycles. The third kappa shape index (κ3) is 5.70. The summed E-state index contributed by atoms with van der Waals surface area (Å²) in [4.78, 5) is 36.3. The van der Waals surface area contributed by atoms with Crippen molar-refractivity contribution >= 4 is 45.1 Å². The highest BCUT2D eigenvalue weighted by Crippen LogP contribution is 2.17. The molecule has 26 heavy (non-hydrogen) atoms. The summed E-state index contributed by atoms with van der Waals surface area (Å²) >= 11 is 3.29. The first kappa shape index (κ1) is 19.7. The third-order valence-corrected chi connectivity index (χ3v) is 3.96. The number of esters is 1. The van der Waals surface area contributed by atoms with Crippen LogP contribution >= 0.6 is 15.9 Å². The van der Waals surface area contributed by atoms with Crippen molar-refractivity contribution in [3.8, 4) is 0 Å². The van der Waals surface area contributed by atoms with Crippen LogP contribution in [0.25, 0.3) is 0 Å². The van der Waals surface area contributed by atoms with Crippen LogP contribution in [0.3, 0.4) is 0 Å². The lowest BCUT2D eigenvalue weighted by atomic mass is 10.1. The summed E-state index contributed by atoms with van der Waals surface area (Å²) in [5.74, 6) is -2.24. The molecular formula is C19H19BrN2O4. The molecule has 0 aliphatic heterocycles. The van der Waals surface area contributed by atoms with Gasteiger partial charge in [0.15, 0.2) is 0 Å². The Balaban J connectivity index is 2.02. The Morgan fingerprint density at radius 2 is 1.62 bits per heavy atom. The fourth-order valence-corrected chi connectivity index (χ4v) is 2.32. The smallest absolute Gasteiger partial charge is 0.340 e. The molecule has 0 radical (unpaired) electrons. The second-order valence-corrected chi connectivity index (χ2v) is 6.37. The van der Waals surface area contributed by atoms with Crippen LogP contribution in [0.15, 0.2) is 53.0 Å². The number of hydrogen-bond acceptors (Lipinski definition) is 4. The maximum Gasteiger partial charge on any atom is 0.340 e. The lowest BCUT2D eigenvalue weighted by Crippen LogP contribution is -2.29. The summed E-state index contributed by atoms with van der Waals surface area (Å²) in [7, 11) is 0. The largest absolute Gasteiger partial charge is 0.462 e. The Hall–Kier alpha value is -2.67.